The number of likely N-dealkylation sites (tertiary alicyclic amines) is 1. The van der Waals surface area contributed by atoms with Crippen LogP contribution in [0, 0.1) is 5.41 Å². The van der Waals surface area contributed by atoms with Crippen LogP contribution in [0.4, 0.5) is 0 Å². The Morgan fingerprint density at radius 2 is 2.40 bits per heavy atom. The normalized spacial score (nSPS) is 36.1. The number of carbonyl (C=O) groups excluding carboxylic acids is 1. The molecule has 0 bridgehead atoms. The fraction of sp³-hybridized carbons (Fsp3) is 0.917. The van der Waals surface area contributed by atoms with Gasteiger partial charge < -0.3 is 10.2 Å². The third-order valence-electron chi connectivity index (χ3n) is 4.08. The molecule has 2 aliphatic rings. The molecular weight excluding hydrogens is 188 g/mol. The largest absolute Gasteiger partial charge is 0.341 e. The molecule has 0 saturated carbocycles. The van der Waals surface area contributed by atoms with Crippen molar-refractivity contribution in [1.29, 1.82) is 0 Å². The van der Waals surface area contributed by atoms with Crippen LogP contribution in [0.1, 0.15) is 39.5 Å². The summed E-state index contributed by atoms with van der Waals surface area (Å²) < 4.78 is 0. The van der Waals surface area contributed by atoms with E-state index in [4.69, 9.17) is 0 Å². The Balaban J connectivity index is 1.92. The minimum atomic E-state index is 0.115. The summed E-state index contributed by atoms with van der Waals surface area (Å²) in [5, 5.41) is 3.29. The van der Waals surface area contributed by atoms with Gasteiger partial charge in [0.25, 0.3) is 0 Å². The van der Waals surface area contributed by atoms with Crippen molar-refractivity contribution in [3.8, 4) is 0 Å². The highest BCUT2D eigenvalue weighted by molar-refractivity contribution is 5.82. The van der Waals surface area contributed by atoms with Crippen molar-refractivity contribution < 1.29 is 4.79 Å². The molecule has 1 N–H and O–H groups in total. The van der Waals surface area contributed by atoms with Crippen molar-refractivity contribution in [3.05, 3.63) is 0 Å². The van der Waals surface area contributed by atoms with E-state index in [1.165, 1.54) is 12.8 Å². The van der Waals surface area contributed by atoms with E-state index in [-0.39, 0.29) is 6.04 Å². The Bertz CT molecular complexity index is 248. The quantitative estimate of drug-likeness (QED) is 0.747. The summed E-state index contributed by atoms with van der Waals surface area (Å²) in [7, 11) is 0. The molecular formula is C12H22N2O. The maximum atomic E-state index is 12.1. The Hall–Kier alpha value is -0.570. The molecule has 3 heteroatoms. The van der Waals surface area contributed by atoms with E-state index in [9.17, 15) is 4.79 Å². The number of hydrogen-bond donors (Lipinski definition) is 1. The van der Waals surface area contributed by atoms with Crippen LogP contribution in [0.3, 0.4) is 0 Å². The second-order valence-electron chi connectivity index (χ2n) is 5.32. The van der Waals surface area contributed by atoms with Gasteiger partial charge in [0.05, 0.1) is 6.04 Å². The van der Waals surface area contributed by atoms with Crippen LogP contribution in [0.25, 0.3) is 0 Å². The van der Waals surface area contributed by atoms with Crippen LogP contribution in [0.5, 0.6) is 0 Å². The highest BCUT2D eigenvalue weighted by Crippen LogP contribution is 2.33. The fourth-order valence-electron chi connectivity index (χ4n) is 2.62. The van der Waals surface area contributed by atoms with Crippen molar-refractivity contribution in [2.75, 3.05) is 19.6 Å². The van der Waals surface area contributed by atoms with Gasteiger partial charge in [0.1, 0.15) is 0 Å². The molecule has 15 heavy (non-hydrogen) atoms. The van der Waals surface area contributed by atoms with E-state index < -0.39 is 0 Å². The first-order valence-electron chi connectivity index (χ1n) is 6.17. The predicted molar refractivity (Wildman–Crippen MR) is 60.6 cm³/mol. The molecule has 2 rings (SSSR count). The molecule has 2 unspecified atom stereocenters. The average molecular weight is 210 g/mol. The summed E-state index contributed by atoms with van der Waals surface area (Å²) in [6, 6.07) is 0.115. The molecule has 0 aliphatic carbocycles. The Morgan fingerprint density at radius 3 is 2.93 bits per heavy atom. The summed E-state index contributed by atoms with van der Waals surface area (Å²) in [4.78, 5) is 14.2. The van der Waals surface area contributed by atoms with Crippen molar-refractivity contribution in [2.45, 2.75) is 45.6 Å². The zero-order valence-electron chi connectivity index (χ0n) is 9.88. The number of nitrogens with one attached hydrogen (secondary N) is 1. The lowest BCUT2D eigenvalue weighted by atomic mass is 9.87. The minimum absolute atomic E-state index is 0.115. The number of rotatable bonds is 2. The van der Waals surface area contributed by atoms with Crippen LogP contribution >= 0.6 is 0 Å². The smallest absolute Gasteiger partial charge is 0.239 e. The topological polar surface area (TPSA) is 32.3 Å². The molecule has 1 amide bonds. The molecule has 0 aromatic rings. The first-order valence-corrected chi connectivity index (χ1v) is 6.17. The summed E-state index contributed by atoms with van der Waals surface area (Å²) in [5.41, 5.74) is 0.369. The summed E-state index contributed by atoms with van der Waals surface area (Å²) in [5.74, 6) is 0.338. The summed E-state index contributed by atoms with van der Waals surface area (Å²) in [6.07, 6.45) is 4.52. The first kappa shape index (κ1) is 10.9. The van der Waals surface area contributed by atoms with E-state index >= 15 is 0 Å². The SMILES string of the molecule is CCC1(C)CCN(C(=O)C2CCCN2)C1. The van der Waals surface area contributed by atoms with Crippen LogP contribution in [0.15, 0.2) is 0 Å². The first-order chi connectivity index (χ1) is 7.14. The third-order valence-corrected chi connectivity index (χ3v) is 4.08. The molecule has 0 radical (unpaired) electrons. The fourth-order valence-corrected chi connectivity index (χ4v) is 2.62. The molecule has 2 aliphatic heterocycles. The summed E-state index contributed by atoms with van der Waals surface area (Å²) in [6.45, 7) is 7.45. The second-order valence-corrected chi connectivity index (χ2v) is 5.32. The lowest BCUT2D eigenvalue weighted by molar-refractivity contribution is -0.132. The van der Waals surface area contributed by atoms with Gasteiger partial charge in [-0.3, -0.25) is 4.79 Å². The van der Waals surface area contributed by atoms with Gasteiger partial charge in [-0.25, -0.2) is 0 Å². The second kappa shape index (κ2) is 4.12. The third kappa shape index (κ3) is 2.17. The van der Waals surface area contributed by atoms with Crippen molar-refractivity contribution >= 4 is 5.91 Å². The van der Waals surface area contributed by atoms with Crippen molar-refractivity contribution in [2.24, 2.45) is 5.41 Å². The zero-order chi connectivity index (χ0) is 10.9. The number of carbonyl (C=O) groups is 1. The maximum absolute atomic E-state index is 12.1. The van der Waals surface area contributed by atoms with E-state index in [1.54, 1.807) is 0 Å². The van der Waals surface area contributed by atoms with Gasteiger partial charge in [-0.1, -0.05) is 13.8 Å². The van der Waals surface area contributed by atoms with Crippen LogP contribution in [0.2, 0.25) is 0 Å². The van der Waals surface area contributed by atoms with Gasteiger partial charge in [0.2, 0.25) is 5.91 Å². The van der Waals surface area contributed by atoms with Crippen LogP contribution in [-0.2, 0) is 4.79 Å². The van der Waals surface area contributed by atoms with Gasteiger partial charge in [-0.15, -0.1) is 0 Å². The molecule has 86 valence electrons. The monoisotopic (exact) mass is 210 g/mol. The lowest BCUT2D eigenvalue weighted by Gasteiger charge is -2.24. The number of nitrogens with zero attached hydrogens (tertiary/aromatic N) is 1. The minimum Gasteiger partial charge on any atom is -0.341 e. The molecule has 0 aromatic carbocycles. The van der Waals surface area contributed by atoms with E-state index in [1.807, 2.05) is 0 Å². The number of amides is 1. The number of hydrogen-bond acceptors (Lipinski definition) is 2. The van der Waals surface area contributed by atoms with Gasteiger partial charge in [0.15, 0.2) is 0 Å². The molecule has 2 fully saturated rings. The van der Waals surface area contributed by atoms with Gasteiger partial charge in [0, 0.05) is 13.1 Å². The highest BCUT2D eigenvalue weighted by Gasteiger charge is 2.37. The Kier molecular flexibility index (Phi) is 3.01. The Morgan fingerprint density at radius 1 is 1.60 bits per heavy atom. The van der Waals surface area contributed by atoms with Gasteiger partial charge >= 0.3 is 0 Å². The van der Waals surface area contributed by atoms with Crippen LogP contribution < -0.4 is 5.32 Å². The van der Waals surface area contributed by atoms with E-state index in [2.05, 4.69) is 24.1 Å². The zero-order valence-corrected chi connectivity index (χ0v) is 9.88. The highest BCUT2D eigenvalue weighted by atomic mass is 16.2. The predicted octanol–water partition coefficient (Wildman–Crippen LogP) is 1.39. The molecule has 3 nitrogen and oxygen atoms in total. The summed E-state index contributed by atoms with van der Waals surface area (Å²) >= 11 is 0. The average Bonchev–Trinajstić information content (AvgIpc) is 2.86. The molecule has 2 heterocycles. The molecule has 2 atom stereocenters. The standard InChI is InChI=1S/C12H22N2O/c1-3-12(2)6-8-14(9-12)11(15)10-5-4-7-13-10/h10,13H,3-9H2,1-2H3. The Labute approximate surface area is 92.2 Å². The van der Waals surface area contributed by atoms with Crippen molar-refractivity contribution in [1.82, 2.24) is 10.2 Å². The van der Waals surface area contributed by atoms with Gasteiger partial charge in [-0.2, -0.15) is 0 Å². The van der Waals surface area contributed by atoms with Crippen molar-refractivity contribution in [3.63, 3.8) is 0 Å². The molecule has 0 spiro atoms. The molecule has 0 aromatic heterocycles. The molecule has 2 saturated heterocycles. The lowest BCUT2D eigenvalue weighted by Crippen LogP contribution is -2.43. The van der Waals surface area contributed by atoms with Gasteiger partial charge in [-0.05, 0) is 37.6 Å². The van der Waals surface area contributed by atoms with Crippen LogP contribution in [-0.4, -0.2) is 36.5 Å². The maximum Gasteiger partial charge on any atom is 0.239 e. The van der Waals surface area contributed by atoms with E-state index in [0.29, 0.717) is 11.3 Å². The van der Waals surface area contributed by atoms with E-state index in [0.717, 1.165) is 32.5 Å².